The number of H-pyrrole nitrogens is 1. The first-order chi connectivity index (χ1) is 13.0. The molecule has 134 valence electrons. The van der Waals surface area contributed by atoms with Gasteiger partial charge in [-0.1, -0.05) is 11.6 Å². The van der Waals surface area contributed by atoms with Crippen molar-refractivity contribution >= 4 is 17.5 Å². The molecule has 4 rings (SSSR count). The van der Waals surface area contributed by atoms with E-state index < -0.39 is 0 Å². The summed E-state index contributed by atoms with van der Waals surface area (Å²) in [4.78, 5) is 18.5. The fourth-order valence-corrected chi connectivity index (χ4v) is 3.23. The molecule has 0 spiro atoms. The van der Waals surface area contributed by atoms with Crippen molar-refractivity contribution in [3.8, 4) is 17.6 Å². The van der Waals surface area contributed by atoms with Crippen LogP contribution in [-0.2, 0) is 13.1 Å². The molecule has 0 saturated heterocycles. The van der Waals surface area contributed by atoms with Crippen molar-refractivity contribution in [1.29, 1.82) is 5.26 Å². The molecule has 0 fully saturated rings. The highest BCUT2D eigenvalue weighted by molar-refractivity contribution is 6.30. The van der Waals surface area contributed by atoms with Crippen molar-refractivity contribution in [2.45, 2.75) is 20.0 Å². The zero-order chi connectivity index (χ0) is 19.0. The van der Waals surface area contributed by atoms with Gasteiger partial charge in [0.2, 0.25) is 0 Å². The van der Waals surface area contributed by atoms with Crippen LogP contribution < -0.4 is 4.74 Å². The molecule has 2 aromatic heterocycles. The van der Waals surface area contributed by atoms with Gasteiger partial charge in [-0.3, -0.25) is 14.9 Å². The van der Waals surface area contributed by atoms with E-state index in [0.717, 1.165) is 5.69 Å². The molecule has 1 aromatic carbocycles. The van der Waals surface area contributed by atoms with Crippen LogP contribution in [-0.4, -0.2) is 26.0 Å². The normalized spacial score (nSPS) is 12.8. The van der Waals surface area contributed by atoms with Crippen molar-refractivity contribution in [2.24, 2.45) is 0 Å². The predicted molar refractivity (Wildman–Crippen MR) is 97.4 cm³/mol. The van der Waals surface area contributed by atoms with E-state index in [9.17, 15) is 4.79 Å². The Morgan fingerprint density at radius 3 is 3.04 bits per heavy atom. The third-order valence-electron chi connectivity index (χ3n) is 4.27. The Hall–Kier alpha value is -3.37. The van der Waals surface area contributed by atoms with Crippen molar-refractivity contribution in [2.75, 3.05) is 0 Å². The van der Waals surface area contributed by atoms with Gasteiger partial charge in [-0.05, 0) is 37.3 Å². The summed E-state index contributed by atoms with van der Waals surface area (Å²) in [6, 6.07) is 10.3. The number of nitrogens with one attached hydrogen (secondary N) is 1. The molecule has 1 N–H and O–H groups in total. The molecule has 1 aliphatic heterocycles. The molecule has 0 unspecified atom stereocenters. The molecule has 7 nitrogen and oxygen atoms in total. The summed E-state index contributed by atoms with van der Waals surface area (Å²) < 4.78 is 5.94. The first-order valence-electron chi connectivity index (χ1n) is 8.20. The lowest BCUT2D eigenvalue weighted by Crippen LogP contribution is -2.23. The Morgan fingerprint density at radius 1 is 1.41 bits per heavy atom. The molecule has 8 heteroatoms. The average molecular weight is 380 g/mol. The minimum atomic E-state index is -0.0841. The summed E-state index contributed by atoms with van der Waals surface area (Å²) in [5.74, 6) is 0.861. The number of pyridine rings is 1. The number of carbonyl (C=O) groups is 1. The number of aromatic nitrogens is 3. The lowest BCUT2D eigenvalue weighted by Gasteiger charge is -2.15. The number of amides is 1. The van der Waals surface area contributed by atoms with Crippen LogP contribution in [0.15, 0.2) is 36.5 Å². The van der Waals surface area contributed by atoms with Gasteiger partial charge in [0.1, 0.15) is 11.4 Å². The average Bonchev–Trinajstić information content (AvgIpc) is 3.16. The second-order valence-electron chi connectivity index (χ2n) is 6.17. The fourth-order valence-electron chi connectivity index (χ4n) is 3.01. The molecular formula is C19H14ClN5O2. The minimum Gasteiger partial charge on any atom is -0.453 e. The second-order valence-corrected chi connectivity index (χ2v) is 6.61. The zero-order valence-corrected chi connectivity index (χ0v) is 15.1. The smallest absolute Gasteiger partial charge is 0.256 e. The Balaban J connectivity index is 1.59. The van der Waals surface area contributed by atoms with E-state index in [1.54, 1.807) is 41.4 Å². The molecule has 0 saturated carbocycles. The van der Waals surface area contributed by atoms with E-state index in [1.165, 1.54) is 0 Å². The summed E-state index contributed by atoms with van der Waals surface area (Å²) in [5, 5.41) is 16.7. The molecule has 0 aliphatic carbocycles. The van der Waals surface area contributed by atoms with Crippen molar-refractivity contribution in [1.82, 2.24) is 20.1 Å². The Bertz CT molecular complexity index is 1090. The van der Waals surface area contributed by atoms with E-state index in [0.29, 0.717) is 45.6 Å². The third-order valence-corrected chi connectivity index (χ3v) is 4.49. The van der Waals surface area contributed by atoms with Crippen molar-refractivity contribution in [3.05, 3.63) is 69.8 Å². The molecule has 3 aromatic rings. The number of aryl methyl sites for hydroxylation is 1. The predicted octanol–water partition coefficient (Wildman–Crippen LogP) is 3.59. The van der Waals surface area contributed by atoms with Crippen LogP contribution in [0.4, 0.5) is 0 Å². The lowest BCUT2D eigenvalue weighted by molar-refractivity contribution is 0.0763. The Kier molecular flexibility index (Phi) is 4.26. The van der Waals surface area contributed by atoms with Gasteiger partial charge in [-0.15, -0.1) is 0 Å². The molecular weight excluding hydrogens is 366 g/mol. The van der Waals surface area contributed by atoms with Gasteiger partial charge in [0.25, 0.3) is 5.91 Å². The lowest BCUT2D eigenvalue weighted by atomic mass is 10.2. The molecule has 1 amide bonds. The summed E-state index contributed by atoms with van der Waals surface area (Å²) >= 11 is 6.04. The number of aromatic amines is 1. The summed E-state index contributed by atoms with van der Waals surface area (Å²) in [5.41, 5.74) is 3.07. The molecule has 27 heavy (non-hydrogen) atoms. The number of rotatable bonds is 4. The Labute approximate surface area is 160 Å². The van der Waals surface area contributed by atoms with Crippen molar-refractivity contribution < 1.29 is 9.53 Å². The van der Waals surface area contributed by atoms with Gasteiger partial charge in [0, 0.05) is 11.2 Å². The first kappa shape index (κ1) is 17.1. The molecule has 3 heterocycles. The van der Waals surface area contributed by atoms with E-state index in [2.05, 4.69) is 15.2 Å². The van der Waals surface area contributed by atoms with Crippen LogP contribution >= 0.6 is 11.6 Å². The molecule has 0 atom stereocenters. The number of benzene rings is 1. The van der Waals surface area contributed by atoms with Crippen LogP contribution in [0.1, 0.15) is 33.0 Å². The van der Waals surface area contributed by atoms with Gasteiger partial charge in [-0.25, -0.2) is 0 Å². The number of carbonyl (C=O) groups excluding carboxylic acids is 1. The number of hydrogen-bond donors (Lipinski definition) is 1. The second kappa shape index (κ2) is 6.74. The summed E-state index contributed by atoms with van der Waals surface area (Å²) in [6.45, 7) is 2.53. The Morgan fingerprint density at radius 2 is 2.26 bits per heavy atom. The van der Waals surface area contributed by atoms with Gasteiger partial charge in [0.15, 0.2) is 5.75 Å². The monoisotopic (exact) mass is 379 g/mol. The van der Waals surface area contributed by atoms with E-state index in [-0.39, 0.29) is 12.5 Å². The highest BCUT2D eigenvalue weighted by atomic mass is 35.5. The number of halogens is 1. The van der Waals surface area contributed by atoms with E-state index in [4.69, 9.17) is 21.6 Å². The molecule has 0 bridgehead atoms. The van der Waals surface area contributed by atoms with Crippen molar-refractivity contribution in [3.63, 3.8) is 0 Å². The minimum absolute atomic E-state index is 0.0841. The highest BCUT2D eigenvalue weighted by Crippen LogP contribution is 2.32. The van der Waals surface area contributed by atoms with E-state index >= 15 is 0 Å². The first-order valence-corrected chi connectivity index (χ1v) is 8.58. The van der Waals surface area contributed by atoms with Crippen LogP contribution in [0.3, 0.4) is 0 Å². The van der Waals surface area contributed by atoms with Gasteiger partial charge < -0.3 is 9.64 Å². The summed E-state index contributed by atoms with van der Waals surface area (Å²) in [7, 11) is 0. The maximum atomic E-state index is 12.6. The van der Waals surface area contributed by atoms with Gasteiger partial charge in [0.05, 0.1) is 41.7 Å². The molecule has 0 radical (unpaired) electrons. The number of ether oxygens (including phenoxy) is 1. The quantitative estimate of drug-likeness (QED) is 0.747. The van der Waals surface area contributed by atoms with Crippen LogP contribution in [0.5, 0.6) is 11.5 Å². The summed E-state index contributed by atoms with van der Waals surface area (Å²) in [6.07, 6.45) is 1.68. The van der Waals surface area contributed by atoms with Crippen LogP contribution in [0, 0.1) is 18.3 Å². The van der Waals surface area contributed by atoms with Gasteiger partial charge >= 0.3 is 0 Å². The number of fused-ring (bicyclic) bond motifs is 1. The van der Waals surface area contributed by atoms with E-state index in [1.807, 2.05) is 13.0 Å². The third kappa shape index (κ3) is 3.23. The fraction of sp³-hybridized carbons (Fsp3) is 0.158. The maximum Gasteiger partial charge on any atom is 0.256 e. The largest absolute Gasteiger partial charge is 0.453 e. The topological polar surface area (TPSA) is 94.9 Å². The standard InChI is InChI=1S/C19H14ClN5O2/c1-11-18(27-14-6-12(8-21)5-13(20)7-14)17(24-23-11)10-25-9-16-15(19(25)26)3-2-4-22-16/h2-7H,9-10H2,1H3,(H,23,24). The molecule has 1 aliphatic rings. The number of nitriles is 1. The maximum absolute atomic E-state index is 12.6. The number of nitrogens with zero attached hydrogens (tertiary/aromatic N) is 4. The highest BCUT2D eigenvalue weighted by Gasteiger charge is 2.29. The van der Waals surface area contributed by atoms with Gasteiger partial charge in [-0.2, -0.15) is 10.4 Å². The number of hydrogen-bond acceptors (Lipinski definition) is 5. The zero-order valence-electron chi connectivity index (χ0n) is 14.4. The SMILES string of the molecule is Cc1[nH]nc(CN2Cc3ncccc3C2=O)c1Oc1cc(Cl)cc(C#N)c1. The van der Waals surface area contributed by atoms with Crippen LogP contribution in [0.2, 0.25) is 5.02 Å². The van der Waals surface area contributed by atoms with Crippen LogP contribution in [0.25, 0.3) is 0 Å².